The summed E-state index contributed by atoms with van der Waals surface area (Å²) in [4.78, 5) is 29.4. The maximum absolute atomic E-state index is 13.1. The quantitative estimate of drug-likeness (QED) is 0.812. The molecule has 1 saturated carbocycles. The molecule has 2 fully saturated rings. The number of urea groups is 1. The molecule has 3 atom stereocenters. The fraction of sp³-hybridized carbons (Fsp3) is 0.364. The Labute approximate surface area is 174 Å². The molecule has 0 aromatic heterocycles. The first-order valence-electron chi connectivity index (χ1n) is 9.94. The van der Waals surface area contributed by atoms with E-state index in [0.717, 1.165) is 24.1 Å². The summed E-state index contributed by atoms with van der Waals surface area (Å²) in [5, 5.41) is 13.4. The van der Waals surface area contributed by atoms with Crippen LogP contribution in [0.25, 0.3) is 0 Å². The summed E-state index contributed by atoms with van der Waals surface area (Å²) in [6.07, 6.45) is 1.83. The number of halogens is 1. The number of para-hydroxylation sites is 1. The second-order valence-corrected chi connectivity index (χ2v) is 8.41. The summed E-state index contributed by atoms with van der Waals surface area (Å²) < 4.78 is 0. The molecule has 0 spiro atoms. The van der Waals surface area contributed by atoms with Crippen molar-refractivity contribution in [3.63, 3.8) is 0 Å². The zero-order valence-corrected chi connectivity index (χ0v) is 16.5. The van der Waals surface area contributed by atoms with Crippen LogP contribution in [0, 0.1) is 5.92 Å². The fourth-order valence-corrected chi connectivity index (χ4v) is 4.87. The minimum atomic E-state index is -0.260. The Morgan fingerprint density at radius 2 is 1.93 bits per heavy atom. The Hall–Kier alpha value is -2.57. The summed E-state index contributed by atoms with van der Waals surface area (Å²) in [6.45, 7) is 0.339. The molecule has 2 heterocycles. The molecule has 2 aromatic rings. The molecular weight excluding hydrogens is 390 g/mol. The first-order valence-corrected chi connectivity index (χ1v) is 10.3. The molecule has 2 N–H and O–H groups in total. The number of hydrogen-bond acceptors (Lipinski definition) is 3. The van der Waals surface area contributed by atoms with Crippen LogP contribution in [0.1, 0.15) is 24.3 Å². The second-order valence-electron chi connectivity index (χ2n) is 7.97. The third-order valence-electron chi connectivity index (χ3n) is 6.19. The molecule has 5 rings (SSSR count). The lowest BCUT2D eigenvalue weighted by atomic mass is 9.71. The van der Waals surface area contributed by atoms with Gasteiger partial charge in [-0.15, -0.1) is 0 Å². The SMILES string of the molecule is O=C(Nc1cccc(Cl)c1)N1C[C@H]2[C@@H](c3ccccc31)[C@H](CO)N2C(=O)C1CC1. The number of fused-ring (bicyclic) bond motifs is 3. The molecule has 0 radical (unpaired) electrons. The summed E-state index contributed by atoms with van der Waals surface area (Å²) in [6, 6.07) is 14.2. The van der Waals surface area contributed by atoms with E-state index in [2.05, 4.69) is 5.32 Å². The van der Waals surface area contributed by atoms with Crippen LogP contribution in [0.2, 0.25) is 5.02 Å². The molecule has 0 bridgehead atoms. The summed E-state index contributed by atoms with van der Waals surface area (Å²) in [7, 11) is 0. The highest BCUT2D eigenvalue weighted by Crippen LogP contribution is 2.50. The molecule has 2 aliphatic heterocycles. The van der Waals surface area contributed by atoms with E-state index in [1.54, 1.807) is 29.2 Å². The van der Waals surface area contributed by atoms with Crippen molar-refractivity contribution in [3.05, 3.63) is 59.1 Å². The number of hydrogen-bond donors (Lipinski definition) is 2. The molecule has 1 saturated heterocycles. The van der Waals surface area contributed by atoms with E-state index in [1.807, 2.05) is 29.2 Å². The summed E-state index contributed by atoms with van der Waals surface area (Å²) in [5.74, 6) is 0.241. The molecule has 3 aliphatic rings. The van der Waals surface area contributed by atoms with E-state index < -0.39 is 0 Å². The number of anilines is 2. The third kappa shape index (κ3) is 3.07. The smallest absolute Gasteiger partial charge is 0.326 e. The van der Waals surface area contributed by atoms with Crippen molar-refractivity contribution in [1.29, 1.82) is 0 Å². The zero-order valence-electron chi connectivity index (χ0n) is 15.8. The van der Waals surface area contributed by atoms with Gasteiger partial charge in [0, 0.05) is 34.8 Å². The van der Waals surface area contributed by atoms with E-state index in [-0.39, 0.29) is 42.5 Å². The summed E-state index contributed by atoms with van der Waals surface area (Å²) in [5.41, 5.74) is 2.45. The first-order chi connectivity index (χ1) is 14.1. The topological polar surface area (TPSA) is 72.9 Å². The van der Waals surface area contributed by atoms with Gasteiger partial charge in [-0.1, -0.05) is 35.9 Å². The van der Waals surface area contributed by atoms with E-state index in [0.29, 0.717) is 17.3 Å². The molecule has 150 valence electrons. The average Bonchev–Trinajstić information content (AvgIpc) is 3.53. The van der Waals surface area contributed by atoms with E-state index in [4.69, 9.17) is 11.6 Å². The van der Waals surface area contributed by atoms with Crippen molar-refractivity contribution in [2.24, 2.45) is 5.92 Å². The van der Waals surface area contributed by atoms with Crippen LogP contribution in [0.15, 0.2) is 48.5 Å². The van der Waals surface area contributed by atoms with Crippen molar-refractivity contribution >= 4 is 34.9 Å². The normalized spacial score (nSPS) is 25.0. The lowest BCUT2D eigenvalue weighted by molar-refractivity contribution is -0.151. The third-order valence-corrected chi connectivity index (χ3v) is 6.42. The molecule has 6 nitrogen and oxygen atoms in total. The van der Waals surface area contributed by atoms with Crippen LogP contribution in [-0.2, 0) is 4.79 Å². The Morgan fingerprint density at radius 1 is 1.14 bits per heavy atom. The Kier molecular flexibility index (Phi) is 4.48. The van der Waals surface area contributed by atoms with Crippen molar-refractivity contribution in [1.82, 2.24) is 4.90 Å². The van der Waals surface area contributed by atoms with Crippen molar-refractivity contribution < 1.29 is 14.7 Å². The molecule has 1 aliphatic carbocycles. The fourth-order valence-electron chi connectivity index (χ4n) is 4.68. The largest absolute Gasteiger partial charge is 0.394 e. The van der Waals surface area contributed by atoms with Crippen LogP contribution >= 0.6 is 11.6 Å². The minimum Gasteiger partial charge on any atom is -0.394 e. The van der Waals surface area contributed by atoms with Gasteiger partial charge in [0.2, 0.25) is 5.91 Å². The number of likely N-dealkylation sites (tertiary alicyclic amines) is 1. The maximum Gasteiger partial charge on any atom is 0.326 e. The number of benzene rings is 2. The molecular formula is C22H22ClN3O3. The van der Waals surface area contributed by atoms with E-state index >= 15 is 0 Å². The van der Waals surface area contributed by atoms with Crippen LogP contribution in [0.4, 0.5) is 16.2 Å². The lowest BCUT2D eigenvalue weighted by Gasteiger charge is -2.59. The van der Waals surface area contributed by atoms with Gasteiger partial charge in [0.25, 0.3) is 0 Å². The molecule has 0 unspecified atom stereocenters. The van der Waals surface area contributed by atoms with Gasteiger partial charge in [-0.05, 0) is 42.7 Å². The number of amides is 3. The van der Waals surface area contributed by atoms with Gasteiger partial charge in [-0.25, -0.2) is 4.79 Å². The maximum atomic E-state index is 13.1. The Bertz CT molecular complexity index is 977. The van der Waals surface area contributed by atoms with Crippen LogP contribution < -0.4 is 10.2 Å². The minimum absolute atomic E-state index is 0.0501. The van der Waals surface area contributed by atoms with E-state index in [1.165, 1.54) is 0 Å². The number of aliphatic hydroxyl groups is 1. The van der Waals surface area contributed by atoms with Crippen molar-refractivity contribution in [3.8, 4) is 0 Å². The van der Waals surface area contributed by atoms with Gasteiger partial charge in [0.15, 0.2) is 0 Å². The molecule has 2 aromatic carbocycles. The lowest BCUT2D eigenvalue weighted by Crippen LogP contribution is -2.71. The molecule has 3 amide bonds. The van der Waals surface area contributed by atoms with Crippen LogP contribution in [0.5, 0.6) is 0 Å². The van der Waals surface area contributed by atoms with Crippen molar-refractivity contribution in [2.75, 3.05) is 23.4 Å². The van der Waals surface area contributed by atoms with Crippen molar-refractivity contribution in [2.45, 2.75) is 30.8 Å². The van der Waals surface area contributed by atoms with Gasteiger partial charge in [0.1, 0.15) is 0 Å². The zero-order chi connectivity index (χ0) is 20.1. The standard InChI is InChI=1S/C22H22ClN3O3/c23-14-4-3-5-15(10-14)24-22(29)25-11-18-20(16-6-1-2-7-17(16)25)19(12-27)26(18)21(28)13-8-9-13/h1-7,10,13,18-20,27H,8-9,11-12H2,(H,24,29)/t18-,19-,20+/m0/s1. The average molecular weight is 412 g/mol. The highest BCUT2D eigenvalue weighted by molar-refractivity contribution is 6.30. The van der Waals surface area contributed by atoms with E-state index in [9.17, 15) is 14.7 Å². The highest BCUT2D eigenvalue weighted by atomic mass is 35.5. The highest BCUT2D eigenvalue weighted by Gasteiger charge is 2.56. The second kappa shape index (κ2) is 7.04. The number of nitrogens with zero attached hydrogens (tertiary/aromatic N) is 2. The van der Waals surface area contributed by atoms with Crippen LogP contribution in [0.3, 0.4) is 0 Å². The predicted molar refractivity (Wildman–Crippen MR) is 111 cm³/mol. The number of rotatable bonds is 3. The monoisotopic (exact) mass is 411 g/mol. The van der Waals surface area contributed by atoms with Gasteiger partial charge < -0.3 is 15.3 Å². The van der Waals surface area contributed by atoms with Gasteiger partial charge in [-0.3, -0.25) is 9.69 Å². The Balaban J connectivity index is 1.46. The number of carbonyl (C=O) groups is 2. The summed E-state index contributed by atoms with van der Waals surface area (Å²) >= 11 is 6.04. The van der Waals surface area contributed by atoms with Gasteiger partial charge in [0.05, 0.1) is 18.7 Å². The molecule has 7 heteroatoms. The molecule has 29 heavy (non-hydrogen) atoms. The number of carbonyl (C=O) groups excluding carboxylic acids is 2. The number of nitrogens with one attached hydrogen (secondary N) is 1. The number of aliphatic hydroxyl groups excluding tert-OH is 1. The van der Waals surface area contributed by atoms with Gasteiger partial charge in [-0.2, -0.15) is 0 Å². The predicted octanol–water partition coefficient (Wildman–Crippen LogP) is 3.46. The van der Waals surface area contributed by atoms with Gasteiger partial charge >= 0.3 is 6.03 Å². The first kappa shape index (κ1) is 18.5. The Morgan fingerprint density at radius 3 is 2.66 bits per heavy atom. The van der Waals surface area contributed by atoms with Crippen LogP contribution in [-0.4, -0.2) is 47.2 Å².